The first kappa shape index (κ1) is 31.3. The Labute approximate surface area is 239 Å². The van der Waals surface area contributed by atoms with Crippen molar-refractivity contribution < 1.29 is 41.8 Å². The summed E-state index contributed by atoms with van der Waals surface area (Å²) in [6.45, 7) is 7.47. The lowest BCUT2D eigenvalue weighted by molar-refractivity contribution is -0.174. The van der Waals surface area contributed by atoms with Gasteiger partial charge in [0, 0.05) is 11.0 Å². The van der Waals surface area contributed by atoms with E-state index in [2.05, 4.69) is 15.9 Å². The fraction of sp³-hybridized carbons (Fsp3) is 0.464. The molecule has 0 aliphatic carbocycles. The van der Waals surface area contributed by atoms with E-state index in [9.17, 15) is 27.6 Å². The predicted octanol–water partition coefficient (Wildman–Crippen LogP) is 6.19. The Bertz CT molecular complexity index is 1180. The molecule has 0 aromatic heterocycles. The molecule has 1 aliphatic heterocycles. The van der Waals surface area contributed by atoms with E-state index in [1.54, 1.807) is 45.0 Å². The number of benzene rings is 2. The van der Waals surface area contributed by atoms with Crippen molar-refractivity contribution >= 4 is 33.9 Å². The van der Waals surface area contributed by atoms with E-state index in [1.165, 1.54) is 36.1 Å². The molecule has 1 heterocycles. The SMILES string of the molecule is CC(NC(=O)C(F)(F)F)C(Oc1ccc(C(=O)O[C@H]2CCCN(C(=O)OC(C)(C)C)C2)cc1)c1ccc(Br)cc1. The average molecular weight is 629 g/mol. The number of esters is 1. The summed E-state index contributed by atoms with van der Waals surface area (Å²) in [6.07, 6.45) is -5.70. The minimum atomic E-state index is -5.04. The van der Waals surface area contributed by atoms with Crippen molar-refractivity contribution in [2.45, 2.75) is 70.6 Å². The van der Waals surface area contributed by atoms with E-state index in [0.717, 1.165) is 4.47 Å². The van der Waals surface area contributed by atoms with Gasteiger partial charge in [-0.25, -0.2) is 9.59 Å². The number of carbonyl (C=O) groups is 3. The third-order valence-corrected chi connectivity index (χ3v) is 6.45. The molecule has 0 bridgehead atoms. The Hall–Kier alpha value is -3.28. The highest BCUT2D eigenvalue weighted by atomic mass is 79.9. The number of nitrogens with one attached hydrogen (secondary N) is 1. The fourth-order valence-corrected chi connectivity index (χ4v) is 4.30. The number of carbonyl (C=O) groups excluding carboxylic acids is 3. The zero-order valence-corrected chi connectivity index (χ0v) is 24.2. The summed E-state index contributed by atoms with van der Waals surface area (Å²) < 4.78 is 56.3. The maximum absolute atomic E-state index is 12.8. The molecule has 1 N–H and O–H groups in total. The molecule has 2 amide bonds. The summed E-state index contributed by atoms with van der Waals surface area (Å²) in [5.41, 5.74) is 0.136. The summed E-state index contributed by atoms with van der Waals surface area (Å²) >= 11 is 3.31. The van der Waals surface area contributed by atoms with Gasteiger partial charge in [-0.15, -0.1) is 0 Å². The van der Waals surface area contributed by atoms with Crippen LogP contribution in [0.3, 0.4) is 0 Å². The first-order valence-electron chi connectivity index (χ1n) is 12.7. The van der Waals surface area contributed by atoms with Crippen LogP contribution in [0.4, 0.5) is 18.0 Å². The summed E-state index contributed by atoms with van der Waals surface area (Å²) in [7, 11) is 0. The number of hydrogen-bond acceptors (Lipinski definition) is 6. The molecule has 0 radical (unpaired) electrons. The van der Waals surface area contributed by atoms with Crippen LogP contribution in [-0.4, -0.2) is 59.9 Å². The normalized spacial score (nSPS) is 17.4. The van der Waals surface area contributed by atoms with Gasteiger partial charge in [0.1, 0.15) is 23.6 Å². The summed E-state index contributed by atoms with van der Waals surface area (Å²) in [5.74, 6) is -2.39. The van der Waals surface area contributed by atoms with Gasteiger partial charge >= 0.3 is 24.1 Å². The largest absolute Gasteiger partial charge is 0.484 e. The van der Waals surface area contributed by atoms with Crippen LogP contribution in [0.2, 0.25) is 0 Å². The summed E-state index contributed by atoms with van der Waals surface area (Å²) in [6, 6.07) is 11.6. The number of rotatable bonds is 7. The highest BCUT2D eigenvalue weighted by Gasteiger charge is 2.40. The smallest absolute Gasteiger partial charge is 0.471 e. The van der Waals surface area contributed by atoms with Crippen molar-refractivity contribution in [2.75, 3.05) is 13.1 Å². The standard InChI is InChI=1S/C28H32BrF3N2O6/c1-17(33-25(36)28(30,31)32)23(18-7-11-20(29)12-8-18)38-21-13-9-19(10-14-21)24(35)39-22-6-5-15-34(16-22)26(37)40-27(2,3)4/h7-14,17,22-23H,5-6,15-16H2,1-4H3,(H,33,36)/t17?,22-,23?/m0/s1. The zero-order valence-electron chi connectivity index (χ0n) is 22.6. The lowest BCUT2D eigenvalue weighted by Crippen LogP contribution is -2.45. The van der Waals surface area contributed by atoms with Crippen molar-refractivity contribution in [3.63, 3.8) is 0 Å². The lowest BCUT2D eigenvalue weighted by Gasteiger charge is -2.33. The highest BCUT2D eigenvalue weighted by Crippen LogP contribution is 2.28. The lowest BCUT2D eigenvalue weighted by atomic mass is 10.0. The minimum absolute atomic E-state index is 0.220. The molecule has 1 fully saturated rings. The van der Waals surface area contributed by atoms with Crippen LogP contribution in [0.15, 0.2) is 53.0 Å². The number of nitrogens with zero attached hydrogens (tertiary/aromatic N) is 1. The predicted molar refractivity (Wildman–Crippen MR) is 144 cm³/mol. The Morgan fingerprint density at radius 1 is 1.02 bits per heavy atom. The number of halogens is 4. The Kier molecular flexibility index (Phi) is 10.1. The van der Waals surface area contributed by atoms with E-state index >= 15 is 0 Å². The van der Waals surface area contributed by atoms with Crippen molar-refractivity contribution in [1.82, 2.24) is 10.2 Å². The van der Waals surface area contributed by atoms with E-state index < -0.39 is 48.0 Å². The second kappa shape index (κ2) is 12.9. The van der Waals surface area contributed by atoms with Gasteiger partial charge in [-0.2, -0.15) is 13.2 Å². The van der Waals surface area contributed by atoms with Gasteiger partial charge in [0.05, 0.1) is 18.2 Å². The average Bonchev–Trinajstić information content (AvgIpc) is 2.86. The van der Waals surface area contributed by atoms with Crippen LogP contribution in [0.1, 0.15) is 62.6 Å². The third-order valence-electron chi connectivity index (χ3n) is 5.93. The van der Waals surface area contributed by atoms with Gasteiger partial charge < -0.3 is 24.4 Å². The molecule has 1 saturated heterocycles. The molecular formula is C28H32BrF3N2O6. The topological polar surface area (TPSA) is 94.2 Å². The molecule has 218 valence electrons. The van der Waals surface area contributed by atoms with Crippen LogP contribution in [0.5, 0.6) is 5.75 Å². The number of likely N-dealkylation sites (tertiary alicyclic amines) is 1. The van der Waals surface area contributed by atoms with Gasteiger partial charge in [-0.05, 0) is 82.5 Å². The Balaban J connectivity index is 1.67. The molecule has 2 aromatic carbocycles. The van der Waals surface area contributed by atoms with Crippen LogP contribution in [0, 0.1) is 0 Å². The summed E-state index contributed by atoms with van der Waals surface area (Å²) in [5, 5.41) is 1.94. The van der Waals surface area contributed by atoms with Crippen LogP contribution < -0.4 is 10.1 Å². The van der Waals surface area contributed by atoms with Crippen LogP contribution in [-0.2, 0) is 14.3 Å². The van der Waals surface area contributed by atoms with Crippen molar-refractivity contribution in [1.29, 1.82) is 0 Å². The van der Waals surface area contributed by atoms with Gasteiger partial charge in [-0.1, -0.05) is 28.1 Å². The van der Waals surface area contributed by atoms with Gasteiger partial charge in [-0.3, -0.25) is 4.79 Å². The number of amides is 2. The van der Waals surface area contributed by atoms with Crippen molar-refractivity contribution in [3.05, 3.63) is 64.1 Å². The molecule has 2 aromatic rings. The van der Waals surface area contributed by atoms with Gasteiger partial charge in [0.2, 0.25) is 0 Å². The minimum Gasteiger partial charge on any atom is -0.484 e. The molecule has 3 rings (SSSR count). The molecule has 40 heavy (non-hydrogen) atoms. The Morgan fingerprint density at radius 3 is 2.23 bits per heavy atom. The molecule has 0 saturated carbocycles. The molecule has 8 nitrogen and oxygen atoms in total. The monoisotopic (exact) mass is 628 g/mol. The second-order valence-corrected chi connectivity index (χ2v) is 11.4. The number of alkyl halides is 3. The van der Waals surface area contributed by atoms with Crippen LogP contribution in [0.25, 0.3) is 0 Å². The molecular weight excluding hydrogens is 597 g/mol. The number of piperidine rings is 1. The first-order valence-corrected chi connectivity index (χ1v) is 13.5. The van der Waals surface area contributed by atoms with Gasteiger partial charge in [0.25, 0.3) is 0 Å². The van der Waals surface area contributed by atoms with E-state index in [-0.39, 0.29) is 17.9 Å². The van der Waals surface area contributed by atoms with Crippen molar-refractivity contribution in [3.8, 4) is 5.75 Å². The Morgan fingerprint density at radius 2 is 1.65 bits per heavy atom. The van der Waals surface area contributed by atoms with E-state index in [1.807, 2.05) is 5.32 Å². The van der Waals surface area contributed by atoms with E-state index in [0.29, 0.717) is 24.9 Å². The number of ether oxygens (including phenoxy) is 3. The maximum Gasteiger partial charge on any atom is 0.471 e. The first-order chi connectivity index (χ1) is 18.6. The molecule has 1 aliphatic rings. The molecule has 12 heteroatoms. The van der Waals surface area contributed by atoms with E-state index in [4.69, 9.17) is 14.2 Å². The number of hydrogen-bond donors (Lipinski definition) is 1. The fourth-order valence-electron chi connectivity index (χ4n) is 4.04. The summed E-state index contributed by atoms with van der Waals surface area (Å²) in [4.78, 5) is 38.2. The van der Waals surface area contributed by atoms with Crippen LogP contribution >= 0.6 is 15.9 Å². The third kappa shape index (κ3) is 9.14. The maximum atomic E-state index is 12.8. The van der Waals surface area contributed by atoms with Crippen molar-refractivity contribution in [2.24, 2.45) is 0 Å². The highest BCUT2D eigenvalue weighted by molar-refractivity contribution is 9.10. The van der Waals surface area contributed by atoms with Gasteiger partial charge in [0.15, 0.2) is 0 Å². The second-order valence-electron chi connectivity index (χ2n) is 10.5. The quantitative estimate of drug-likeness (QED) is 0.367. The molecule has 3 atom stereocenters. The molecule has 2 unspecified atom stereocenters. The zero-order chi connectivity index (χ0) is 29.7. The molecule has 0 spiro atoms.